The van der Waals surface area contributed by atoms with E-state index >= 15 is 0 Å². The molecule has 198 valence electrons. The Balaban J connectivity index is 1.54. The van der Waals surface area contributed by atoms with E-state index in [0.717, 1.165) is 22.3 Å². The number of nitrogens with zero attached hydrogens (tertiary/aromatic N) is 2. The predicted molar refractivity (Wildman–Crippen MR) is 157 cm³/mol. The molecule has 5 aromatic rings. The van der Waals surface area contributed by atoms with Gasteiger partial charge in [-0.05, 0) is 60.2 Å². The highest BCUT2D eigenvalue weighted by Gasteiger charge is 2.23. The molecular weight excluding hydrogens is 524 g/mol. The maximum atomic E-state index is 10.2. The summed E-state index contributed by atoms with van der Waals surface area (Å²) in [6.07, 6.45) is 1.64. The molecule has 0 fully saturated rings. The highest BCUT2D eigenvalue weighted by Crippen LogP contribution is 2.43. The van der Waals surface area contributed by atoms with Gasteiger partial charge in [0.1, 0.15) is 41.2 Å². The summed E-state index contributed by atoms with van der Waals surface area (Å²) < 4.78 is 23.0. The van der Waals surface area contributed by atoms with Gasteiger partial charge < -0.3 is 18.6 Å². The standard InChI is InChI=1S/C33H25ClN2O4/c1-37-26-15-11-22(12-16-26)31-28(19-35)33(40-32(31)23-13-17-27(38-2)18-14-23)36-20-24-7-4-6-10-30(24)39-21-25-8-3-5-9-29(25)34/h3-18,20H,21H2,1-2H3. The van der Waals surface area contributed by atoms with Gasteiger partial charge in [0.15, 0.2) is 0 Å². The smallest absolute Gasteiger partial charge is 0.238 e. The van der Waals surface area contributed by atoms with Gasteiger partial charge in [-0.1, -0.05) is 54.1 Å². The Morgan fingerprint density at radius 3 is 2.10 bits per heavy atom. The summed E-state index contributed by atoms with van der Waals surface area (Å²) in [5.74, 6) is 2.78. The highest BCUT2D eigenvalue weighted by atomic mass is 35.5. The molecule has 0 N–H and O–H groups in total. The van der Waals surface area contributed by atoms with Crippen molar-refractivity contribution in [1.82, 2.24) is 0 Å². The van der Waals surface area contributed by atoms with Crippen molar-refractivity contribution in [3.8, 4) is 45.8 Å². The molecule has 4 aromatic carbocycles. The van der Waals surface area contributed by atoms with Gasteiger partial charge in [0.05, 0.1) is 14.2 Å². The number of methoxy groups -OCH3 is 2. The van der Waals surface area contributed by atoms with E-state index in [4.69, 9.17) is 30.2 Å². The Bertz CT molecular complexity index is 1680. The molecule has 0 aliphatic carbocycles. The average molecular weight is 549 g/mol. The second kappa shape index (κ2) is 12.2. The normalized spacial score (nSPS) is 10.8. The van der Waals surface area contributed by atoms with Gasteiger partial charge in [0.2, 0.25) is 5.88 Å². The number of para-hydroxylation sites is 1. The van der Waals surface area contributed by atoms with E-state index in [2.05, 4.69) is 11.1 Å². The largest absolute Gasteiger partial charge is 0.497 e. The molecule has 7 heteroatoms. The quantitative estimate of drug-likeness (QED) is 0.173. The lowest BCUT2D eigenvalue weighted by Gasteiger charge is -2.10. The lowest BCUT2D eigenvalue weighted by Crippen LogP contribution is -1.98. The lowest BCUT2D eigenvalue weighted by atomic mass is 9.98. The first-order valence-corrected chi connectivity index (χ1v) is 12.8. The number of nitriles is 1. The third-order valence-electron chi connectivity index (χ3n) is 6.31. The number of ether oxygens (including phenoxy) is 3. The van der Waals surface area contributed by atoms with Crippen molar-refractivity contribution in [3.63, 3.8) is 0 Å². The van der Waals surface area contributed by atoms with Gasteiger partial charge in [0.25, 0.3) is 0 Å². The third-order valence-corrected chi connectivity index (χ3v) is 6.68. The van der Waals surface area contributed by atoms with Gasteiger partial charge >= 0.3 is 0 Å². The van der Waals surface area contributed by atoms with Crippen LogP contribution in [-0.4, -0.2) is 20.4 Å². The molecule has 0 saturated heterocycles. The molecule has 5 rings (SSSR count). The SMILES string of the molecule is COc1ccc(-c2oc(N=Cc3ccccc3OCc3ccccc3Cl)c(C#N)c2-c2ccc(OC)cc2)cc1. The van der Waals surface area contributed by atoms with Crippen molar-refractivity contribution >= 4 is 23.7 Å². The van der Waals surface area contributed by atoms with Crippen molar-refractivity contribution in [2.75, 3.05) is 14.2 Å². The maximum Gasteiger partial charge on any atom is 0.238 e. The molecular formula is C33H25ClN2O4. The Kier molecular flexibility index (Phi) is 8.15. The van der Waals surface area contributed by atoms with Crippen LogP contribution in [-0.2, 0) is 6.61 Å². The zero-order chi connectivity index (χ0) is 27.9. The van der Waals surface area contributed by atoms with Gasteiger partial charge in [-0.25, -0.2) is 4.99 Å². The van der Waals surface area contributed by atoms with Crippen LogP contribution in [0.4, 0.5) is 5.88 Å². The van der Waals surface area contributed by atoms with Crippen molar-refractivity contribution in [2.45, 2.75) is 6.61 Å². The second-order valence-electron chi connectivity index (χ2n) is 8.73. The number of furan rings is 1. The van der Waals surface area contributed by atoms with Crippen LogP contribution in [0.5, 0.6) is 17.2 Å². The summed E-state index contributed by atoms with van der Waals surface area (Å²) >= 11 is 6.29. The monoisotopic (exact) mass is 548 g/mol. The molecule has 6 nitrogen and oxygen atoms in total. The van der Waals surface area contributed by atoms with Gasteiger partial charge in [-0.15, -0.1) is 0 Å². The first kappa shape index (κ1) is 26.6. The number of hydrogen-bond donors (Lipinski definition) is 0. The fraction of sp³-hybridized carbons (Fsp3) is 0.0909. The molecule has 0 bridgehead atoms. The van der Waals surface area contributed by atoms with Crippen molar-refractivity contribution in [2.24, 2.45) is 4.99 Å². The van der Waals surface area contributed by atoms with E-state index in [9.17, 15) is 5.26 Å². The van der Waals surface area contributed by atoms with E-state index in [-0.39, 0.29) is 5.88 Å². The Morgan fingerprint density at radius 2 is 1.45 bits per heavy atom. The molecule has 0 aliphatic heterocycles. The topological polar surface area (TPSA) is 77.0 Å². The van der Waals surface area contributed by atoms with Crippen LogP contribution in [0.15, 0.2) is 106 Å². The first-order chi connectivity index (χ1) is 19.6. The summed E-state index contributed by atoms with van der Waals surface area (Å²) in [7, 11) is 3.22. The summed E-state index contributed by atoms with van der Waals surface area (Å²) in [6, 6.07) is 32.3. The molecule has 0 atom stereocenters. The van der Waals surface area contributed by atoms with E-state index < -0.39 is 0 Å². The van der Waals surface area contributed by atoms with E-state index in [1.54, 1.807) is 20.4 Å². The number of hydrogen-bond acceptors (Lipinski definition) is 6. The summed E-state index contributed by atoms with van der Waals surface area (Å²) in [5, 5.41) is 10.9. The number of halogens is 1. The molecule has 1 heterocycles. The summed E-state index contributed by atoms with van der Waals surface area (Å²) in [4.78, 5) is 4.61. The molecule has 1 aromatic heterocycles. The lowest BCUT2D eigenvalue weighted by molar-refractivity contribution is 0.306. The van der Waals surface area contributed by atoms with Crippen molar-refractivity contribution in [1.29, 1.82) is 5.26 Å². The number of benzene rings is 4. The average Bonchev–Trinajstić information content (AvgIpc) is 3.38. The van der Waals surface area contributed by atoms with Crippen LogP contribution < -0.4 is 14.2 Å². The molecule has 0 amide bonds. The number of rotatable bonds is 9. The van der Waals surface area contributed by atoms with Crippen LogP contribution >= 0.6 is 11.6 Å². The van der Waals surface area contributed by atoms with Crippen molar-refractivity contribution in [3.05, 3.63) is 119 Å². The highest BCUT2D eigenvalue weighted by molar-refractivity contribution is 6.31. The van der Waals surface area contributed by atoms with Gasteiger partial charge in [-0.2, -0.15) is 5.26 Å². The minimum atomic E-state index is 0.194. The van der Waals surface area contributed by atoms with Crippen molar-refractivity contribution < 1.29 is 18.6 Å². The van der Waals surface area contributed by atoms with E-state index in [1.807, 2.05) is 97.1 Å². The van der Waals surface area contributed by atoms with Crippen LogP contribution in [0.3, 0.4) is 0 Å². The Morgan fingerprint density at radius 1 is 0.825 bits per heavy atom. The Hall–Kier alpha value is -4.99. The summed E-state index contributed by atoms with van der Waals surface area (Å²) in [5.41, 5.74) is 4.16. The minimum absolute atomic E-state index is 0.194. The minimum Gasteiger partial charge on any atom is -0.497 e. The fourth-order valence-electron chi connectivity index (χ4n) is 4.21. The molecule has 0 spiro atoms. The predicted octanol–water partition coefficient (Wildman–Crippen LogP) is 8.49. The summed E-state index contributed by atoms with van der Waals surface area (Å²) in [6.45, 7) is 0.304. The van der Waals surface area contributed by atoms with Gasteiger partial charge in [0, 0.05) is 33.5 Å². The van der Waals surface area contributed by atoms with E-state index in [0.29, 0.717) is 45.8 Å². The molecule has 0 aliphatic rings. The maximum absolute atomic E-state index is 10.2. The number of aliphatic imine (C=N–C) groups is 1. The zero-order valence-electron chi connectivity index (χ0n) is 21.9. The third kappa shape index (κ3) is 5.70. The Labute approximate surface area is 237 Å². The molecule has 40 heavy (non-hydrogen) atoms. The molecule has 0 saturated carbocycles. The first-order valence-electron chi connectivity index (χ1n) is 12.5. The second-order valence-corrected chi connectivity index (χ2v) is 9.14. The van der Waals surface area contributed by atoms with Gasteiger partial charge in [-0.3, -0.25) is 0 Å². The molecule has 0 unspecified atom stereocenters. The van der Waals surface area contributed by atoms with Crippen LogP contribution in [0.1, 0.15) is 16.7 Å². The van der Waals surface area contributed by atoms with E-state index in [1.165, 1.54) is 0 Å². The van der Waals surface area contributed by atoms with Crippen LogP contribution in [0.2, 0.25) is 5.02 Å². The van der Waals surface area contributed by atoms with Crippen LogP contribution in [0.25, 0.3) is 22.5 Å². The van der Waals surface area contributed by atoms with Crippen LogP contribution in [0, 0.1) is 11.3 Å². The zero-order valence-corrected chi connectivity index (χ0v) is 22.7. The fourth-order valence-corrected chi connectivity index (χ4v) is 4.40. The molecule has 0 radical (unpaired) electrons.